The first-order valence-corrected chi connectivity index (χ1v) is 6.74. The summed E-state index contributed by atoms with van der Waals surface area (Å²) in [6, 6.07) is 9.10. The van der Waals surface area contributed by atoms with Gasteiger partial charge in [0.1, 0.15) is 17.7 Å². The average molecular weight is 358 g/mol. The zero-order chi connectivity index (χ0) is 14.7. The number of rotatable bonds is 3. The number of anilines is 1. The largest absolute Gasteiger partial charge is 0.366 e. The molecule has 1 unspecified atom stereocenters. The molecule has 0 amide bonds. The standard InChI is InChI=1S/C14H8BrClF2N2/c15-11-6-9(2-4-12(11)16)20-14(7-19)10-3-1-8(17)5-13(10)18/h1-6,14,20H. The van der Waals surface area contributed by atoms with Crippen molar-refractivity contribution >= 4 is 33.2 Å². The second-order valence-corrected chi connectivity index (χ2v) is 5.26. The van der Waals surface area contributed by atoms with Gasteiger partial charge < -0.3 is 5.32 Å². The third-order valence-electron chi connectivity index (χ3n) is 2.63. The molecule has 20 heavy (non-hydrogen) atoms. The number of hydrogen-bond donors (Lipinski definition) is 1. The SMILES string of the molecule is N#CC(Nc1ccc(Cl)c(Br)c1)c1ccc(F)cc1F. The number of benzene rings is 2. The summed E-state index contributed by atoms with van der Waals surface area (Å²) in [7, 11) is 0. The quantitative estimate of drug-likeness (QED) is 0.833. The number of nitrogens with zero attached hydrogens (tertiary/aromatic N) is 1. The number of halogens is 4. The lowest BCUT2D eigenvalue weighted by molar-refractivity contribution is 0.570. The van der Waals surface area contributed by atoms with Crippen molar-refractivity contribution in [1.82, 2.24) is 0 Å². The van der Waals surface area contributed by atoms with Crippen molar-refractivity contribution in [1.29, 1.82) is 5.26 Å². The molecule has 0 aliphatic rings. The molecule has 2 aromatic rings. The number of nitriles is 1. The van der Waals surface area contributed by atoms with Gasteiger partial charge >= 0.3 is 0 Å². The van der Waals surface area contributed by atoms with Crippen molar-refractivity contribution in [3.63, 3.8) is 0 Å². The van der Waals surface area contributed by atoms with E-state index >= 15 is 0 Å². The van der Waals surface area contributed by atoms with Gasteiger partial charge in [-0.25, -0.2) is 8.78 Å². The Morgan fingerprint density at radius 1 is 1.20 bits per heavy atom. The second-order valence-electron chi connectivity index (χ2n) is 4.00. The fraction of sp³-hybridized carbons (Fsp3) is 0.0714. The Morgan fingerprint density at radius 3 is 2.55 bits per heavy atom. The van der Waals surface area contributed by atoms with Crippen molar-refractivity contribution < 1.29 is 8.78 Å². The van der Waals surface area contributed by atoms with Crippen LogP contribution in [0.25, 0.3) is 0 Å². The molecule has 0 bridgehead atoms. The van der Waals surface area contributed by atoms with Crippen LogP contribution in [-0.2, 0) is 0 Å². The molecule has 0 aromatic heterocycles. The molecule has 0 saturated heterocycles. The Bertz CT molecular complexity index is 685. The van der Waals surface area contributed by atoms with Crippen molar-refractivity contribution in [2.24, 2.45) is 0 Å². The molecule has 1 atom stereocenters. The molecule has 102 valence electrons. The Hall–Kier alpha value is -1.64. The van der Waals surface area contributed by atoms with Gasteiger partial charge in [-0.2, -0.15) is 5.26 Å². The fourth-order valence-corrected chi connectivity index (χ4v) is 2.16. The predicted octanol–water partition coefficient (Wildman–Crippen LogP) is 5.06. The van der Waals surface area contributed by atoms with Gasteiger partial charge in [-0.3, -0.25) is 0 Å². The summed E-state index contributed by atoms with van der Waals surface area (Å²) in [6.45, 7) is 0. The topological polar surface area (TPSA) is 35.8 Å². The number of nitrogens with one attached hydrogen (secondary N) is 1. The van der Waals surface area contributed by atoms with Crippen LogP contribution in [0, 0.1) is 23.0 Å². The van der Waals surface area contributed by atoms with Crippen LogP contribution in [-0.4, -0.2) is 0 Å². The highest BCUT2D eigenvalue weighted by Gasteiger charge is 2.16. The molecule has 0 aliphatic heterocycles. The van der Waals surface area contributed by atoms with Crippen molar-refractivity contribution in [2.75, 3.05) is 5.32 Å². The Morgan fingerprint density at radius 2 is 1.95 bits per heavy atom. The lowest BCUT2D eigenvalue weighted by Gasteiger charge is -2.14. The van der Waals surface area contributed by atoms with Crippen LogP contribution in [0.3, 0.4) is 0 Å². The van der Waals surface area contributed by atoms with Gasteiger partial charge in [-0.05, 0) is 40.2 Å². The van der Waals surface area contributed by atoms with E-state index in [0.29, 0.717) is 15.2 Å². The zero-order valence-electron chi connectivity index (χ0n) is 10.0. The molecule has 0 fully saturated rings. The first-order chi connectivity index (χ1) is 9.51. The van der Waals surface area contributed by atoms with Crippen LogP contribution in [0.2, 0.25) is 5.02 Å². The maximum absolute atomic E-state index is 13.7. The molecule has 0 spiro atoms. The highest BCUT2D eigenvalue weighted by molar-refractivity contribution is 9.10. The minimum absolute atomic E-state index is 0.0833. The first kappa shape index (κ1) is 14.8. The molecule has 0 heterocycles. The third kappa shape index (κ3) is 3.27. The van der Waals surface area contributed by atoms with Crippen LogP contribution in [0.15, 0.2) is 40.9 Å². The Balaban J connectivity index is 2.29. The van der Waals surface area contributed by atoms with Crippen LogP contribution < -0.4 is 5.32 Å². The third-order valence-corrected chi connectivity index (χ3v) is 3.85. The van der Waals surface area contributed by atoms with E-state index in [-0.39, 0.29) is 5.56 Å². The zero-order valence-corrected chi connectivity index (χ0v) is 12.3. The van der Waals surface area contributed by atoms with Gasteiger partial charge in [0.2, 0.25) is 0 Å². The van der Waals surface area contributed by atoms with Gasteiger partial charge in [0.25, 0.3) is 0 Å². The summed E-state index contributed by atoms with van der Waals surface area (Å²) in [6.07, 6.45) is 0. The summed E-state index contributed by atoms with van der Waals surface area (Å²) >= 11 is 9.13. The lowest BCUT2D eigenvalue weighted by Crippen LogP contribution is -2.10. The van der Waals surface area contributed by atoms with Gasteiger partial charge in [0, 0.05) is 21.8 Å². The summed E-state index contributed by atoms with van der Waals surface area (Å²) in [4.78, 5) is 0. The highest BCUT2D eigenvalue weighted by Crippen LogP contribution is 2.28. The van der Waals surface area contributed by atoms with Crippen molar-refractivity contribution in [3.05, 3.63) is 63.1 Å². The van der Waals surface area contributed by atoms with E-state index in [2.05, 4.69) is 21.2 Å². The average Bonchev–Trinajstić information content (AvgIpc) is 2.41. The molecule has 6 heteroatoms. The molecule has 0 radical (unpaired) electrons. The second kappa shape index (κ2) is 6.21. The smallest absolute Gasteiger partial charge is 0.143 e. The van der Waals surface area contributed by atoms with E-state index in [4.69, 9.17) is 16.9 Å². The van der Waals surface area contributed by atoms with Crippen molar-refractivity contribution in [3.8, 4) is 6.07 Å². The minimum atomic E-state index is -0.927. The predicted molar refractivity (Wildman–Crippen MR) is 77.5 cm³/mol. The van der Waals surface area contributed by atoms with Gasteiger partial charge in [0.05, 0.1) is 11.1 Å². The molecule has 2 aromatic carbocycles. The van der Waals surface area contributed by atoms with E-state index < -0.39 is 17.7 Å². The molecule has 0 aliphatic carbocycles. The lowest BCUT2D eigenvalue weighted by atomic mass is 10.1. The van der Waals surface area contributed by atoms with E-state index in [1.807, 2.05) is 6.07 Å². The van der Waals surface area contributed by atoms with Gasteiger partial charge in [-0.15, -0.1) is 0 Å². The Kier molecular flexibility index (Phi) is 4.58. The van der Waals surface area contributed by atoms with Crippen LogP contribution >= 0.6 is 27.5 Å². The van der Waals surface area contributed by atoms with E-state index in [1.54, 1.807) is 18.2 Å². The van der Waals surface area contributed by atoms with Crippen LogP contribution in [0.4, 0.5) is 14.5 Å². The normalized spacial score (nSPS) is 11.8. The monoisotopic (exact) mass is 356 g/mol. The maximum Gasteiger partial charge on any atom is 0.143 e. The van der Waals surface area contributed by atoms with Gasteiger partial charge in [0.15, 0.2) is 0 Å². The maximum atomic E-state index is 13.7. The first-order valence-electron chi connectivity index (χ1n) is 5.57. The Labute approximate surface area is 128 Å². The molecule has 1 N–H and O–H groups in total. The summed E-state index contributed by atoms with van der Waals surface area (Å²) in [5.74, 6) is -1.45. The molecule has 2 rings (SSSR count). The van der Waals surface area contributed by atoms with Gasteiger partial charge in [-0.1, -0.05) is 17.7 Å². The van der Waals surface area contributed by atoms with Crippen LogP contribution in [0.5, 0.6) is 0 Å². The molecule has 0 saturated carbocycles. The minimum Gasteiger partial charge on any atom is -0.366 e. The molecular weight excluding hydrogens is 350 g/mol. The van der Waals surface area contributed by atoms with E-state index in [9.17, 15) is 8.78 Å². The number of hydrogen-bond acceptors (Lipinski definition) is 2. The summed E-state index contributed by atoms with van der Waals surface area (Å²) < 4.78 is 27.2. The van der Waals surface area contributed by atoms with E-state index in [0.717, 1.165) is 12.1 Å². The van der Waals surface area contributed by atoms with E-state index in [1.165, 1.54) is 6.07 Å². The highest BCUT2D eigenvalue weighted by atomic mass is 79.9. The van der Waals surface area contributed by atoms with Crippen LogP contribution in [0.1, 0.15) is 11.6 Å². The summed E-state index contributed by atoms with van der Waals surface area (Å²) in [5, 5.41) is 12.5. The molecular formula is C14H8BrClF2N2. The molecule has 2 nitrogen and oxygen atoms in total. The van der Waals surface area contributed by atoms with Crippen molar-refractivity contribution in [2.45, 2.75) is 6.04 Å². The summed E-state index contributed by atoms with van der Waals surface area (Å²) in [5.41, 5.74) is 0.677. The fourth-order valence-electron chi connectivity index (χ4n) is 1.67.